The van der Waals surface area contributed by atoms with E-state index >= 15 is 0 Å². The number of hydrogen-bond donors (Lipinski definition) is 1. The van der Waals surface area contributed by atoms with Crippen LogP contribution in [0, 0.1) is 46.5 Å². The first-order chi connectivity index (χ1) is 25.3. The first-order valence-corrected chi connectivity index (χ1v) is 18.5. The molecule has 2 aromatic rings. The predicted octanol–water partition coefficient (Wildman–Crippen LogP) is 9.96. The topological polar surface area (TPSA) is 75.6 Å². The average Bonchev–Trinajstić information content (AvgIpc) is 3.11. The van der Waals surface area contributed by atoms with Gasteiger partial charge in [-0.05, 0) is 46.0 Å². The van der Waals surface area contributed by atoms with Crippen LogP contribution in [-0.2, 0) is 18.9 Å². The lowest BCUT2D eigenvalue weighted by atomic mass is 9.96. The summed E-state index contributed by atoms with van der Waals surface area (Å²) in [7, 11) is 0.691. The summed E-state index contributed by atoms with van der Waals surface area (Å²) in [4.78, 5) is 0. The van der Waals surface area contributed by atoms with Crippen molar-refractivity contribution in [2.24, 2.45) is 0 Å². The van der Waals surface area contributed by atoms with Gasteiger partial charge in [-0.25, -0.2) is 17.6 Å². The second kappa shape index (κ2) is 20.3. The van der Waals surface area contributed by atoms with Gasteiger partial charge < -0.3 is 33.5 Å². The zero-order chi connectivity index (χ0) is 38.8. The van der Waals surface area contributed by atoms with Gasteiger partial charge in [-0.3, -0.25) is 0 Å². The highest BCUT2D eigenvalue weighted by molar-refractivity contribution is 5.69. The van der Waals surface area contributed by atoms with E-state index in [1.54, 1.807) is 6.92 Å². The van der Waals surface area contributed by atoms with Crippen LogP contribution in [0.1, 0.15) is 111 Å². The third-order valence-electron chi connectivity index (χ3n) is 9.57. The second-order valence-corrected chi connectivity index (χ2v) is 13.8. The van der Waals surface area contributed by atoms with Crippen LogP contribution in [0.2, 0.25) is 0 Å². The van der Waals surface area contributed by atoms with Crippen LogP contribution in [0.5, 0.6) is 11.5 Å². The maximum atomic E-state index is 14.8. The zero-order valence-corrected chi connectivity index (χ0v) is 30.6. The average molecular weight is 771 g/mol. The van der Waals surface area contributed by atoms with Gasteiger partial charge in [0, 0.05) is 19.3 Å². The summed E-state index contributed by atoms with van der Waals surface area (Å²) < 4.78 is 150. The standard InChI is InChI=1S/C38H50F8O7/c1-5-22-17-24(51-21(3)50-22)19-25-18-23(16-20(2)47)52-26(53-25)14-12-10-8-6-7-9-11-13-15-49-38-35(45)31(41)28(32(42)36(38)46)27-29(39)33(43)37(48-4)34(44)30(27)40/h20-26,47H,5-19H2,1-4H3. The molecular formula is C38H50F8O7. The van der Waals surface area contributed by atoms with Crippen molar-refractivity contribution >= 4 is 0 Å². The molecule has 0 aromatic heterocycles. The van der Waals surface area contributed by atoms with E-state index in [1.807, 2.05) is 6.92 Å². The highest BCUT2D eigenvalue weighted by Crippen LogP contribution is 2.42. The van der Waals surface area contributed by atoms with Crippen LogP contribution < -0.4 is 9.47 Å². The number of ether oxygens (including phenoxy) is 6. The minimum absolute atomic E-state index is 0.0370. The SMILES string of the molecule is CCC1CC(CC2CC(CC(C)O)OC(CCCCCCCCCCOc3c(F)c(F)c(-c4c(F)c(F)c(OC)c(F)c4F)c(F)c3F)O2)OC(C)O1. The monoisotopic (exact) mass is 770 g/mol. The number of hydrogen-bond acceptors (Lipinski definition) is 7. The Hall–Kier alpha value is -2.72. The molecule has 300 valence electrons. The smallest absolute Gasteiger partial charge is 0.204 e. The lowest BCUT2D eigenvalue weighted by Gasteiger charge is -2.40. The summed E-state index contributed by atoms with van der Waals surface area (Å²) in [5, 5.41) is 9.98. The molecule has 7 unspecified atom stereocenters. The molecule has 0 spiro atoms. The Balaban J connectivity index is 1.17. The van der Waals surface area contributed by atoms with Crippen LogP contribution in [-0.4, -0.2) is 61.9 Å². The second-order valence-electron chi connectivity index (χ2n) is 13.8. The van der Waals surface area contributed by atoms with Crippen LogP contribution in [0.4, 0.5) is 35.1 Å². The molecule has 0 amide bonds. The maximum Gasteiger partial charge on any atom is 0.204 e. The molecule has 7 nitrogen and oxygen atoms in total. The number of halogens is 8. The summed E-state index contributed by atoms with van der Waals surface area (Å²) in [5.41, 5.74) is -3.94. The van der Waals surface area contributed by atoms with Crippen LogP contribution in [0.15, 0.2) is 0 Å². The Morgan fingerprint density at radius 3 is 1.60 bits per heavy atom. The number of rotatable bonds is 19. The molecule has 7 atom stereocenters. The van der Waals surface area contributed by atoms with E-state index in [2.05, 4.69) is 11.7 Å². The third-order valence-corrected chi connectivity index (χ3v) is 9.57. The first kappa shape index (κ1) is 43.0. The molecule has 0 saturated carbocycles. The normalized spacial score (nSPS) is 24.0. The highest BCUT2D eigenvalue weighted by Gasteiger charge is 2.37. The number of methoxy groups -OCH3 is 1. The summed E-state index contributed by atoms with van der Waals surface area (Å²) in [6.45, 7) is 5.43. The van der Waals surface area contributed by atoms with E-state index in [0.29, 0.717) is 26.4 Å². The van der Waals surface area contributed by atoms with Crippen molar-refractivity contribution in [1.29, 1.82) is 0 Å². The third kappa shape index (κ3) is 11.2. The van der Waals surface area contributed by atoms with E-state index < -0.39 is 75.3 Å². The van der Waals surface area contributed by atoms with E-state index in [1.165, 1.54) is 0 Å². The lowest BCUT2D eigenvalue weighted by Crippen LogP contribution is -2.43. The largest absolute Gasteiger partial charge is 0.491 e. The van der Waals surface area contributed by atoms with Gasteiger partial charge in [0.2, 0.25) is 23.3 Å². The number of aliphatic hydroxyl groups excluding tert-OH is 1. The number of benzene rings is 2. The van der Waals surface area contributed by atoms with Gasteiger partial charge >= 0.3 is 0 Å². The van der Waals surface area contributed by atoms with Gasteiger partial charge in [-0.1, -0.05) is 45.4 Å². The molecule has 15 heteroatoms. The molecule has 53 heavy (non-hydrogen) atoms. The van der Waals surface area contributed by atoms with Crippen LogP contribution >= 0.6 is 0 Å². The van der Waals surface area contributed by atoms with Crippen molar-refractivity contribution in [3.05, 3.63) is 46.5 Å². The Morgan fingerprint density at radius 1 is 0.623 bits per heavy atom. The van der Waals surface area contributed by atoms with Gasteiger partial charge in [-0.2, -0.15) is 17.6 Å². The fourth-order valence-electron chi connectivity index (χ4n) is 6.99. The lowest BCUT2D eigenvalue weighted by molar-refractivity contribution is -0.271. The molecule has 4 rings (SSSR count). The van der Waals surface area contributed by atoms with Crippen molar-refractivity contribution in [2.75, 3.05) is 13.7 Å². The van der Waals surface area contributed by atoms with Crippen LogP contribution in [0.25, 0.3) is 11.1 Å². The van der Waals surface area contributed by atoms with Gasteiger partial charge in [-0.15, -0.1) is 0 Å². The molecule has 2 heterocycles. The first-order valence-electron chi connectivity index (χ1n) is 18.5. The minimum atomic E-state index is -2.30. The number of unbranched alkanes of at least 4 members (excludes halogenated alkanes) is 7. The molecule has 1 N–H and O–H groups in total. The molecule has 0 radical (unpaired) electrons. The quantitative estimate of drug-likeness (QED) is 0.0866. The molecule has 2 fully saturated rings. The van der Waals surface area contributed by atoms with Crippen molar-refractivity contribution in [1.82, 2.24) is 0 Å². The highest BCUT2D eigenvalue weighted by atomic mass is 19.2. The molecule has 2 aromatic carbocycles. The van der Waals surface area contributed by atoms with E-state index in [9.17, 15) is 40.2 Å². The fourth-order valence-corrected chi connectivity index (χ4v) is 6.99. The molecular weight excluding hydrogens is 720 g/mol. The molecule has 0 aliphatic carbocycles. The summed E-state index contributed by atoms with van der Waals surface area (Å²) in [5.74, 6) is -20.6. The molecule has 0 bridgehead atoms. The van der Waals surface area contributed by atoms with Gasteiger partial charge in [0.15, 0.2) is 47.3 Å². The molecule has 2 saturated heterocycles. The van der Waals surface area contributed by atoms with E-state index in [0.717, 1.165) is 64.2 Å². The van der Waals surface area contributed by atoms with E-state index in [-0.39, 0.29) is 50.0 Å². The van der Waals surface area contributed by atoms with E-state index in [4.69, 9.17) is 23.7 Å². The predicted molar refractivity (Wildman–Crippen MR) is 178 cm³/mol. The minimum Gasteiger partial charge on any atom is -0.491 e. The van der Waals surface area contributed by atoms with Crippen molar-refractivity contribution in [3.8, 4) is 22.6 Å². The Labute approximate surface area is 305 Å². The summed E-state index contributed by atoms with van der Waals surface area (Å²) >= 11 is 0. The van der Waals surface area contributed by atoms with Gasteiger partial charge in [0.1, 0.15) is 0 Å². The Kier molecular flexibility index (Phi) is 16.5. The Bertz CT molecular complexity index is 1440. The number of aliphatic hydroxyl groups is 1. The van der Waals surface area contributed by atoms with Crippen molar-refractivity contribution < 1.29 is 68.7 Å². The maximum absolute atomic E-state index is 14.8. The van der Waals surface area contributed by atoms with Gasteiger partial charge in [0.25, 0.3) is 0 Å². The summed E-state index contributed by atoms with van der Waals surface area (Å²) in [6, 6.07) is 0. The summed E-state index contributed by atoms with van der Waals surface area (Å²) in [6.07, 6.45) is 9.60. The Morgan fingerprint density at radius 2 is 1.08 bits per heavy atom. The molecule has 2 aliphatic rings. The molecule has 2 aliphatic heterocycles. The zero-order valence-electron chi connectivity index (χ0n) is 30.6. The van der Waals surface area contributed by atoms with Crippen molar-refractivity contribution in [2.45, 2.75) is 154 Å². The van der Waals surface area contributed by atoms with Crippen molar-refractivity contribution in [3.63, 3.8) is 0 Å². The van der Waals surface area contributed by atoms with Gasteiger partial charge in [0.05, 0.1) is 55.4 Å². The fraction of sp³-hybridized carbons (Fsp3) is 0.684. The van der Waals surface area contributed by atoms with Crippen LogP contribution in [0.3, 0.4) is 0 Å².